The zero-order valence-electron chi connectivity index (χ0n) is 18.8. The molecule has 2 aromatic heterocycles. The van der Waals surface area contributed by atoms with Crippen LogP contribution in [0.3, 0.4) is 0 Å². The Labute approximate surface area is 193 Å². The third kappa shape index (κ3) is 4.55. The van der Waals surface area contributed by atoms with Crippen LogP contribution < -0.4 is 10.9 Å². The summed E-state index contributed by atoms with van der Waals surface area (Å²) in [5.74, 6) is -0.305. The monoisotopic (exact) mass is 474 g/mol. The van der Waals surface area contributed by atoms with Gasteiger partial charge in [0.2, 0.25) is 0 Å². The molecule has 1 aliphatic heterocycles. The van der Waals surface area contributed by atoms with Crippen molar-refractivity contribution in [1.29, 1.82) is 0 Å². The first kappa shape index (κ1) is 23.9. The second-order valence-corrected chi connectivity index (χ2v) is 8.08. The highest BCUT2D eigenvalue weighted by atomic mass is 19.3. The van der Waals surface area contributed by atoms with Crippen molar-refractivity contribution in [2.45, 2.75) is 39.3 Å². The van der Waals surface area contributed by atoms with Gasteiger partial charge in [0.05, 0.1) is 43.4 Å². The fourth-order valence-corrected chi connectivity index (χ4v) is 4.10. The number of aromatic nitrogens is 3. The summed E-state index contributed by atoms with van der Waals surface area (Å²) in [7, 11) is 0. The molecule has 1 aliphatic rings. The van der Waals surface area contributed by atoms with E-state index in [1.807, 2.05) is 6.08 Å². The van der Waals surface area contributed by atoms with Crippen molar-refractivity contribution < 1.29 is 23.0 Å². The van der Waals surface area contributed by atoms with Gasteiger partial charge in [-0.3, -0.25) is 9.36 Å². The lowest BCUT2D eigenvalue weighted by Gasteiger charge is -2.21. The minimum absolute atomic E-state index is 0.0216. The van der Waals surface area contributed by atoms with Crippen LogP contribution in [0, 0.1) is 12.7 Å². The minimum Gasteiger partial charge on any atom is -0.395 e. The van der Waals surface area contributed by atoms with Gasteiger partial charge in [0.1, 0.15) is 23.1 Å². The maximum absolute atomic E-state index is 14.7. The standard InChI is InChI=1S/C24H25F3N4O3/c1-13(16-6-3-7-17(20(16)25)21(26)27)28-22-19-11-18(15-5-4-10-34-12-15)24(33)31(8-9-32)23(19)30-14(2)29-22/h3,5-7,11,13,21,32H,4,8-10,12H2,1-2H3,(H,28,29,30)/t13-/m1/s1. The van der Waals surface area contributed by atoms with E-state index in [1.54, 1.807) is 19.9 Å². The van der Waals surface area contributed by atoms with E-state index < -0.39 is 23.8 Å². The zero-order chi connectivity index (χ0) is 24.4. The molecule has 2 N–H and O–H groups in total. The summed E-state index contributed by atoms with van der Waals surface area (Å²) >= 11 is 0. The molecule has 7 nitrogen and oxygen atoms in total. The molecule has 34 heavy (non-hydrogen) atoms. The third-order valence-electron chi connectivity index (χ3n) is 5.75. The van der Waals surface area contributed by atoms with Gasteiger partial charge in [-0.25, -0.2) is 23.1 Å². The topological polar surface area (TPSA) is 89.3 Å². The number of ether oxygens (including phenoxy) is 1. The van der Waals surface area contributed by atoms with Crippen LogP contribution in [0.25, 0.3) is 16.6 Å². The van der Waals surface area contributed by atoms with Gasteiger partial charge in [0.25, 0.3) is 12.0 Å². The molecular formula is C24H25F3N4O3. The average Bonchev–Trinajstić information content (AvgIpc) is 2.81. The SMILES string of the molecule is Cc1nc(N[C@H](C)c2cccc(C(F)F)c2F)c2cc(C3=CCCOC3)c(=O)n(CCO)c2n1. The van der Waals surface area contributed by atoms with Crippen molar-refractivity contribution in [1.82, 2.24) is 14.5 Å². The van der Waals surface area contributed by atoms with E-state index in [0.717, 1.165) is 11.6 Å². The minimum atomic E-state index is -2.93. The molecule has 3 aromatic rings. The number of hydrogen-bond acceptors (Lipinski definition) is 6. The predicted octanol–water partition coefficient (Wildman–Crippen LogP) is 4.15. The van der Waals surface area contributed by atoms with Crippen molar-refractivity contribution in [2.24, 2.45) is 0 Å². The number of nitrogens with one attached hydrogen (secondary N) is 1. The molecule has 0 saturated heterocycles. The number of hydrogen-bond donors (Lipinski definition) is 2. The summed E-state index contributed by atoms with van der Waals surface area (Å²) < 4.78 is 48.0. The van der Waals surface area contributed by atoms with E-state index in [1.165, 1.54) is 16.7 Å². The van der Waals surface area contributed by atoms with Crippen LogP contribution in [0.15, 0.2) is 35.1 Å². The Morgan fingerprint density at radius 3 is 2.71 bits per heavy atom. The molecular weight excluding hydrogens is 449 g/mol. The molecule has 0 amide bonds. The van der Waals surface area contributed by atoms with Gasteiger partial charge in [-0.1, -0.05) is 24.3 Å². The molecule has 0 spiro atoms. The van der Waals surface area contributed by atoms with Crippen LogP contribution in [0.5, 0.6) is 0 Å². The number of pyridine rings is 1. The fourth-order valence-electron chi connectivity index (χ4n) is 4.10. The van der Waals surface area contributed by atoms with Gasteiger partial charge >= 0.3 is 0 Å². The highest BCUT2D eigenvalue weighted by molar-refractivity contribution is 5.90. The summed E-state index contributed by atoms with van der Waals surface area (Å²) in [6.07, 6.45) is -0.333. The highest BCUT2D eigenvalue weighted by Crippen LogP contribution is 2.31. The van der Waals surface area contributed by atoms with Gasteiger partial charge in [-0.2, -0.15) is 0 Å². The summed E-state index contributed by atoms with van der Waals surface area (Å²) in [5, 5.41) is 13.2. The summed E-state index contributed by atoms with van der Waals surface area (Å²) in [6.45, 7) is 3.87. The third-order valence-corrected chi connectivity index (χ3v) is 5.75. The Bertz CT molecular complexity index is 1310. The van der Waals surface area contributed by atoms with Crippen molar-refractivity contribution in [3.05, 3.63) is 69.0 Å². The van der Waals surface area contributed by atoms with Crippen LogP contribution in [0.4, 0.5) is 19.0 Å². The largest absolute Gasteiger partial charge is 0.395 e. The number of benzene rings is 1. The van der Waals surface area contributed by atoms with Gasteiger partial charge in [0.15, 0.2) is 0 Å². The number of nitrogens with zero attached hydrogens (tertiary/aromatic N) is 3. The van der Waals surface area contributed by atoms with Crippen LogP contribution >= 0.6 is 0 Å². The van der Waals surface area contributed by atoms with E-state index in [-0.39, 0.29) is 30.9 Å². The second-order valence-electron chi connectivity index (χ2n) is 8.08. The van der Waals surface area contributed by atoms with Gasteiger partial charge in [-0.15, -0.1) is 0 Å². The smallest absolute Gasteiger partial charge is 0.266 e. The predicted molar refractivity (Wildman–Crippen MR) is 122 cm³/mol. The number of aryl methyl sites for hydroxylation is 1. The highest BCUT2D eigenvalue weighted by Gasteiger charge is 2.22. The van der Waals surface area contributed by atoms with Gasteiger partial charge < -0.3 is 15.2 Å². The molecule has 0 saturated carbocycles. The maximum Gasteiger partial charge on any atom is 0.266 e. The first-order valence-corrected chi connectivity index (χ1v) is 10.9. The van der Waals surface area contributed by atoms with Crippen molar-refractivity contribution in [3.8, 4) is 0 Å². The van der Waals surface area contributed by atoms with Crippen LogP contribution in [0.1, 0.15) is 48.3 Å². The average molecular weight is 474 g/mol. The molecule has 0 fully saturated rings. The zero-order valence-corrected chi connectivity index (χ0v) is 18.8. The lowest BCUT2D eigenvalue weighted by atomic mass is 10.0. The Morgan fingerprint density at radius 1 is 1.26 bits per heavy atom. The van der Waals surface area contributed by atoms with E-state index in [0.29, 0.717) is 41.3 Å². The number of halogens is 3. The molecule has 0 aliphatic carbocycles. The summed E-state index contributed by atoms with van der Waals surface area (Å²) in [4.78, 5) is 22.1. The maximum atomic E-state index is 14.7. The Balaban J connectivity index is 1.86. The van der Waals surface area contributed by atoms with Crippen LogP contribution in [-0.4, -0.2) is 39.5 Å². The number of aliphatic hydroxyl groups excluding tert-OH is 1. The number of aliphatic hydroxyl groups is 1. The van der Waals surface area contributed by atoms with Crippen LogP contribution in [-0.2, 0) is 11.3 Å². The number of alkyl halides is 2. The van der Waals surface area contributed by atoms with Crippen molar-refractivity contribution >= 4 is 22.4 Å². The molecule has 0 unspecified atom stereocenters. The molecule has 1 aromatic carbocycles. The molecule has 3 heterocycles. The molecule has 180 valence electrons. The Morgan fingerprint density at radius 2 is 2.03 bits per heavy atom. The number of fused-ring (bicyclic) bond motifs is 1. The van der Waals surface area contributed by atoms with Crippen molar-refractivity contribution in [2.75, 3.05) is 25.1 Å². The number of rotatable bonds is 7. The lowest BCUT2D eigenvalue weighted by Crippen LogP contribution is -2.27. The van der Waals surface area contributed by atoms with E-state index in [9.17, 15) is 23.1 Å². The quantitative estimate of drug-likeness (QED) is 0.535. The van der Waals surface area contributed by atoms with Crippen LogP contribution in [0.2, 0.25) is 0 Å². The Kier molecular flexibility index (Phi) is 6.99. The van der Waals surface area contributed by atoms with Crippen molar-refractivity contribution in [3.63, 3.8) is 0 Å². The molecule has 1 atom stereocenters. The normalized spacial score (nSPS) is 15.0. The molecule has 4 rings (SSSR count). The molecule has 10 heteroatoms. The first-order valence-electron chi connectivity index (χ1n) is 10.9. The first-order chi connectivity index (χ1) is 16.3. The second kappa shape index (κ2) is 9.94. The molecule has 0 radical (unpaired) electrons. The summed E-state index contributed by atoms with van der Waals surface area (Å²) in [6, 6.07) is 4.82. The fraction of sp³-hybridized carbons (Fsp3) is 0.375. The van der Waals surface area contributed by atoms with E-state index >= 15 is 0 Å². The Hall–Kier alpha value is -3.24. The van der Waals surface area contributed by atoms with Gasteiger partial charge in [0, 0.05) is 11.1 Å². The van der Waals surface area contributed by atoms with Gasteiger partial charge in [-0.05, 0) is 31.9 Å². The molecule has 0 bridgehead atoms. The summed E-state index contributed by atoms with van der Waals surface area (Å²) in [5.41, 5.74) is 0.512. The van der Waals surface area contributed by atoms with E-state index in [4.69, 9.17) is 4.74 Å². The number of anilines is 1. The lowest BCUT2D eigenvalue weighted by molar-refractivity contribution is 0.146. The van der Waals surface area contributed by atoms with E-state index in [2.05, 4.69) is 15.3 Å².